The molecule has 80 valence electrons. The van der Waals surface area contributed by atoms with Crippen molar-refractivity contribution in [3.05, 3.63) is 28.0 Å². The first-order chi connectivity index (χ1) is 7.19. The molecule has 0 unspecified atom stereocenters. The minimum Gasteiger partial charge on any atom is -0.359 e. The molecule has 4 nitrogen and oxygen atoms in total. The summed E-state index contributed by atoms with van der Waals surface area (Å²) in [6.07, 6.45) is 2.03. The molecule has 0 spiro atoms. The van der Waals surface area contributed by atoms with Crippen LogP contribution in [0.15, 0.2) is 11.6 Å². The Bertz CT molecular complexity index is 458. The third-order valence-corrected chi connectivity index (χ3v) is 2.94. The molecule has 2 rings (SSSR count). The Hall–Kier alpha value is -1.36. The molecule has 2 aromatic rings. The fraction of sp³-hybridized carbons (Fsp3) is 0.400. The lowest BCUT2D eigenvalue weighted by Gasteiger charge is -2.03. The largest absolute Gasteiger partial charge is 0.359 e. The number of hydrogen-bond acceptors (Lipinski definition) is 4. The Morgan fingerprint density at radius 3 is 2.80 bits per heavy atom. The van der Waals surface area contributed by atoms with Gasteiger partial charge in [0, 0.05) is 18.6 Å². The van der Waals surface area contributed by atoms with E-state index in [-0.39, 0.29) is 0 Å². The number of anilines is 1. The number of nitrogens with one attached hydrogen (secondary N) is 1. The molecular weight excluding hydrogens is 208 g/mol. The monoisotopic (exact) mass is 222 g/mol. The normalized spacial score (nSPS) is 10.6. The van der Waals surface area contributed by atoms with Crippen LogP contribution >= 0.6 is 11.3 Å². The van der Waals surface area contributed by atoms with E-state index in [1.165, 1.54) is 0 Å². The van der Waals surface area contributed by atoms with Gasteiger partial charge < -0.3 is 9.88 Å². The van der Waals surface area contributed by atoms with E-state index in [9.17, 15) is 0 Å². The van der Waals surface area contributed by atoms with Gasteiger partial charge >= 0.3 is 0 Å². The fourth-order valence-corrected chi connectivity index (χ4v) is 2.13. The van der Waals surface area contributed by atoms with Crippen LogP contribution in [-0.4, -0.2) is 21.6 Å². The van der Waals surface area contributed by atoms with Crippen LogP contribution in [0.2, 0.25) is 0 Å². The lowest BCUT2D eigenvalue weighted by Crippen LogP contribution is -2.04. The number of aromatic nitrogens is 3. The molecule has 1 N–H and O–H groups in total. The second kappa shape index (κ2) is 4.02. The molecule has 2 aromatic heterocycles. The summed E-state index contributed by atoms with van der Waals surface area (Å²) in [6.45, 7) is 4.79. The highest BCUT2D eigenvalue weighted by Gasteiger charge is 2.05. The molecule has 0 aliphatic carbocycles. The van der Waals surface area contributed by atoms with Crippen LogP contribution in [0, 0.1) is 13.8 Å². The number of rotatable bonds is 3. The predicted molar refractivity (Wildman–Crippen MR) is 62.5 cm³/mol. The van der Waals surface area contributed by atoms with Crippen LogP contribution in [0.5, 0.6) is 0 Å². The van der Waals surface area contributed by atoms with Crippen molar-refractivity contribution < 1.29 is 0 Å². The first-order valence-electron chi connectivity index (χ1n) is 4.81. The van der Waals surface area contributed by atoms with E-state index in [1.807, 2.05) is 27.1 Å². The van der Waals surface area contributed by atoms with Crippen LogP contribution in [0.25, 0.3) is 0 Å². The number of thiazole rings is 1. The van der Waals surface area contributed by atoms with Crippen LogP contribution in [0.4, 0.5) is 5.95 Å². The Morgan fingerprint density at radius 1 is 1.40 bits per heavy atom. The molecule has 5 heteroatoms. The summed E-state index contributed by atoms with van der Waals surface area (Å²) in [6, 6.07) is 0. The minimum absolute atomic E-state index is 0.779. The highest BCUT2D eigenvalue weighted by atomic mass is 32.1. The van der Waals surface area contributed by atoms with Gasteiger partial charge in [0.2, 0.25) is 5.95 Å². The number of aryl methyl sites for hydroxylation is 2. The molecule has 0 saturated heterocycles. The summed E-state index contributed by atoms with van der Waals surface area (Å²) < 4.78 is 2.07. The van der Waals surface area contributed by atoms with Gasteiger partial charge in [0.15, 0.2) is 0 Å². The summed E-state index contributed by atoms with van der Waals surface area (Å²) in [5.41, 5.74) is 2.11. The first kappa shape index (κ1) is 10.2. The quantitative estimate of drug-likeness (QED) is 0.864. The van der Waals surface area contributed by atoms with Gasteiger partial charge in [-0.3, -0.25) is 0 Å². The molecule has 0 bridgehead atoms. The zero-order valence-corrected chi connectivity index (χ0v) is 9.93. The van der Waals surface area contributed by atoms with Crippen molar-refractivity contribution in [2.24, 2.45) is 0 Å². The van der Waals surface area contributed by atoms with Crippen LogP contribution in [0.1, 0.15) is 16.4 Å². The third-order valence-electron chi connectivity index (χ3n) is 2.12. The maximum Gasteiger partial charge on any atom is 0.203 e. The zero-order valence-electron chi connectivity index (χ0n) is 9.11. The van der Waals surface area contributed by atoms with Crippen LogP contribution in [0.3, 0.4) is 0 Å². The van der Waals surface area contributed by atoms with Crippen LogP contribution in [-0.2, 0) is 6.54 Å². The van der Waals surface area contributed by atoms with Crippen molar-refractivity contribution in [1.29, 1.82) is 0 Å². The third kappa shape index (κ3) is 2.18. The van der Waals surface area contributed by atoms with Gasteiger partial charge in [-0.25, -0.2) is 9.97 Å². The van der Waals surface area contributed by atoms with E-state index in [2.05, 4.69) is 25.2 Å². The molecule has 2 heterocycles. The van der Waals surface area contributed by atoms with Crippen LogP contribution < -0.4 is 5.32 Å². The average molecular weight is 222 g/mol. The van der Waals surface area contributed by atoms with E-state index < -0.39 is 0 Å². The molecule has 15 heavy (non-hydrogen) atoms. The van der Waals surface area contributed by atoms with Crippen molar-refractivity contribution in [3.8, 4) is 0 Å². The van der Waals surface area contributed by atoms with E-state index in [0.717, 1.165) is 28.9 Å². The molecule has 0 fully saturated rings. The lowest BCUT2D eigenvalue weighted by molar-refractivity contribution is 0.783. The minimum atomic E-state index is 0.779. The Morgan fingerprint density at radius 2 is 2.20 bits per heavy atom. The Kier molecular flexibility index (Phi) is 2.73. The number of imidazole rings is 1. The van der Waals surface area contributed by atoms with Crippen molar-refractivity contribution >= 4 is 17.3 Å². The van der Waals surface area contributed by atoms with Crippen molar-refractivity contribution in [2.45, 2.75) is 20.4 Å². The Labute approximate surface area is 93.0 Å². The lowest BCUT2D eigenvalue weighted by atomic mass is 10.4. The van der Waals surface area contributed by atoms with Gasteiger partial charge in [0.25, 0.3) is 0 Å². The number of nitrogens with zero attached hydrogens (tertiary/aromatic N) is 3. The van der Waals surface area contributed by atoms with E-state index in [0.29, 0.717) is 0 Å². The summed E-state index contributed by atoms with van der Waals surface area (Å²) in [7, 11) is 1.88. The zero-order chi connectivity index (χ0) is 10.8. The average Bonchev–Trinajstić information content (AvgIpc) is 2.73. The summed E-state index contributed by atoms with van der Waals surface area (Å²) >= 11 is 1.68. The predicted octanol–water partition coefficient (Wildman–Crippen LogP) is 2.05. The van der Waals surface area contributed by atoms with Gasteiger partial charge in [-0.15, -0.1) is 11.3 Å². The van der Waals surface area contributed by atoms with Crippen molar-refractivity contribution in [3.63, 3.8) is 0 Å². The van der Waals surface area contributed by atoms with E-state index in [4.69, 9.17) is 0 Å². The maximum atomic E-state index is 4.43. The SMILES string of the molecule is CNc1nc(C)cn1Cc1csc(C)n1. The van der Waals surface area contributed by atoms with E-state index in [1.54, 1.807) is 11.3 Å². The maximum absolute atomic E-state index is 4.43. The van der Waals surface area contributed by atoms with Crippen molar-refractivity contribution in [2.75, 3.05) is 12.4 Å². The standard InChI is InChI=1S/C10H14N4S/c1-7-4-14(10(11-3)12-7)5-9-6-15-8(2)13-9/h4,6H,5H2,1-3H3,(H,11,12). The second-order valence-corrected chi connectivity index (χ2v) is 4.50. The molecular formula is C10H14N4S. The smallest absolute Gasteiger partial charge is 0.203 e. The van der Waals surface area contributed by atoms with Crippen molar-refractivity contribution in [1.82, 2.24) is 14.5 Å². The molecule has 0 aromatic carbocycles. The second-order valence-electron chi connectivity index (χ2n) is 3.44. The Balaban J connectivity index is 2.23. The number of hydrogen-bond donors (Lipinski definition) is 1. The summed E-state index contributed by atoms with van der Waals surface area (Å²) in [5, 5.41) is 6.26. The topological polar surface area (TPSA) is 42.7 Å². The molecule has 0 saturated carbocycles. The molecule has 0 atom stereocenters. The fourth-order valence-electron chi connectivity index (χ4n) is 1.52. The first-order valence-corrected chi connectivity index (χ1v) is 5.69. The van der Waals surface area contributed by atoms with Gasteiger partial charge in [-0.05, 0) is 13.8 Å². The summed E-state index contributed by atoms with van der Waals surface area (Å²) in [4.78, 5) is 8.79. The van der Waals surface area contributed by atoms with Gasteiger partial charge in [-0.2, -0.15) is 0 Å². The highest BCUT2D eigenvalue weighted by Crippen LogP contribution is 2.13. The van der Waals surface area contributed by atoms with Gasteiger partial charge in [0.1, 0.15) is 0 Å². The highest BCUT2D eigenvalue weighted by molar-refractivity contribution is 7.09. The molecule has 0 aliphatic heterocycles. The molecule has 0 amide bonds. The molecule has 0 aliphatic rings. The molecule has 0 radical (unpaired) electrons. The summed E-state index contributed by atoms with van der Waals surface area (Å²) in [5.74, 6) is 0.887. The van der Waals surface area contributed by atoms with Gasteiger partial charge in [-0.1, -0.05) is 0 Å². The van der Waals surface area contributed by atoms with Gasteiger partial charge in [0.05, 0.1) is 22.9 Å². The van der Waals surface area contributed by atoms with E-state index >= 15 is 0 Å².